The van der Waals surface area contributed by atoms with Crippen molar-refractivity contribution >= 4 is 44.2 Å². The summed E-state index contributed by atoms with van der Waals surface area (Å²) in [6.45, 7) is 5.02. The molecule has 4 nitrogen and oxygen atoms in total. The normalized spacial score (nSPS) is 10.9. The van der Waals surface area contributed by atoms with Crippen LogP contribution in [0.2, 0.25) is 5.02 Å². The van der Waals surface area contributed by atoms with Crippen molar-refractivity contribution in [3.63, 3.8) is 0 Å². The zero-order valence-electron chi connectivity index (χ0n) is 17.5. The van der Waals surface area contributed by atoms with Crippen molar-refractivity contribution in [3.05, 3.63) is 88.4 Å². The van der Waals surface area contributed by atoms with Gasteiger partial charge in [-0.05, 0) is 48.7 Å². The Bertz CT molecular complexity index is 1150. The molecule has 0 atom stereocenters. The molecule has 158 valence electrons. The van der Waals surface area contributed by atoms with Crippen molar-refractivity contribution < 1.29 is 9.53 Å². The highest BCUT2D eigenvalue weighted by atomic mass is 35.5. The van der Waals surface area contributed by atoms with Gasteiger partial charge < -0.3 is 4.74 Å². The van der Waals surface area contributed by atoms with E-state index in [9.17, 15) is 4.79 Å². The molecule has 0 aliphatic rings. The number of thiazole rings is 1. The minimum Gasteiger partial charge on any atom is -0.494 e. The van der Waals surface area contributed by atoms with Crippen molar-refractivity contribution in [2.24, 2.45) is 0 Å². The van der Waals surface area contributed by atoms with Crippen LogP contribution in [0, 0.1) is 6.92 Å². The molecule has 6 heteroatoms. The Morgan fingerprint density at radius 2 is 1.77 bits per heavy atom. The minimum absolute atomic E-state index is 0.0131. The molecule has 0 radical (unpaired) electrons. The van der Waals surface area contributed by atoms with Crippen LogP contribution in [0.25, 0.3) is 10.2 Å². The van der Waals surface area contributed by atoms with E-state index < -0.39 is 0 Å². The zero-order chi connectivity index (χ0) is 21.8. The Kier molecular flexibility index (Phi) is 6.54. The number of anilines is 1. The summed E-state index contributed by atoms with van der Waals surface area (Å²) in [5.41, 5.74) is 3.87. The molecular formula is C25H23ClN2O2S. The number of carbonyl (C=O) groups is 1. The van der Waals surface area contributed by atoms with E-state index in [-0.39, 0.29) is 12.3 Å². The van der Waals surface area contributed by atoms with E-state index in [1.165, 1.54) is 11.3 Å². The fraction of sp³-hybridized carbons (Fsp3) is 0.200. The van der Waals surface area contributed by atoms with Crippen LogP contribution in [0.1, 0.15) is 23.6 Å². The maximum atomic E-state index is 13.4. The van der Waals surface area contributed by atoms with Gasteiger partial charge in [-0.1, -0.05) is 71.5 Å². The topological polar surface area (TPSA) is 42.4 Å². The lowest BCUT2D eigenvalue weighted by molar-refractivity contribution is -0.118. The molecule has 1 aromatic heterocycles. The third kappa shape index (κ3) is 4.89. The molecule has 31 heavy (non-hydrogen) atoms. The van der Waals surface area contributed by atoms with Crippen molar-refractivity contribution in [2.75, 3.05) is 11.5 Å². The molecule has 4 rings (SSSR count). The number of aromatic nitrogens is 1. The molecule has 0 N–H and O–H groups in total. The zero-order valence-corrected chi connectivity index (χ0v) is 19.0. The van der Waals surface area contributed by atoms with Crippen molar-refractivity contribution in [1.82, 2.24) is 4.98 Å². The van der Waals surface area contributed by atoms with Crippen LogP contribution in [-0.2, 0) is 17.8 Å². The quantitative estimate of drug-likeness (QED) is 0.325. The third-order valence-electron chi connectivity index (χ3n) is 4.99. The summed E-state index contributed by atoms with van der Waals surface area (Å²) < 4.78 is 6.41. The number of aryl methyl sites for hydroxylation is 1. The van der Waals surface area contributed by atoms with Crippen molar-refractivity contribution in [3.8, 4) is 5.75 Å². The average molecular weight is 451 g/mol. The van der Waals surface area contributed by atoms with Crippen molar-refractivity contribution in [2.45, 2.75) is 26.8 Å². The van der Waals surface area contributed by atoms with Gasteiger partial charge in [0, 0.05) is 0 Å². The number of nitrogens with zero attached hydrogens (tertiary/aromatic N) is 2. The number of amides is 1. The maximum absolute atomic E-state index is 13.4. The van der Waals surface area contributed by atoms with E-state index in [1.807, 2.05) is 80.6 Å². The van der Waals surface area contributed by atoms with E-state index in [0.717, 1.165) is 32.7 Å². The van der Waals surface area contributed by atoms with Gasteiger partial charge in [-0.25, -0.2) is 4.98 Å². The molecule has 0 saturated heterocycles. The van der Waals surface area contributed by atoms with Gasteiger partial charge in [-0.2, -0.15) is 0 Å². The van der Waals surface area contributed by atoms with Gasteiger partial charge in [0.2, 0.25) is 5.91 Å². The molecule has 0 spiro atoms. The third-order valence-corrected chi connectivity index (χ3v) is 6.53. The summed E-state index contributed by atoms with van der Waals surface area (Å²) in [6.07, 6.45) is 0.280. The molecule has 0 unspecified atom stereocenters. The molecule has 4 aromatic rings. The Balaban J connectivity index is 1.66. The lowest BCUT2D eigenvalue weighted by Gasteiger charge is -2.20. The molecule has 0 aliphatic heterocycles. The summed E-state index contributed by atoms with van der Waals surface area (Å²) in [6, 6.07) is 21.5. The highest BCUT2D eigenvalue weighted by Gasteiger charge is 2.22. The van der Waals surface area contributed by atoms with Crippen LogP contribution in [0.5, 0.6) is 5.75 Å². The highest BCUT2D eigenvalue weighted by molar-refractivity contribution is 7.23. The number of rotatable bonds is 7. The van der Waals surface area contributed by atoms with Gasteiger partial charge in [0.05, 0.1) is 34.8 Å². The monoisotopic (exact) mass is 450 g/mol. The standard InChI is InChI=1S/C25H23ClN2O2S/c1-3-30-20-12-10-18(11-13-20)15-22(29)28(16-19-7-5-4-6-8-19)25-27-23-17(2)9-14-21(26)24(23)31-25/h4-14H,3,15-16H2,1-2H3. The second-order valence-corrected chi connectivity index (χ2v) is 8.64. The summed E-state index contributed by atoms with van der Waals surface area (Å²) in [7, 11) is 0. The summed E-state index contributed by atoms with van der Waals surface area (Å²) in [4.78, 5) is 19.9. The summed E-state index contributed by atoms with van der Waals surface area (Å²) in [5, 5.41) is 1.31. The lowest BCUT2D eigenvalue weighted by atomic mass is 10.1. The average Bonchev–Trinajstić information content (AvgIpc) is 3.23. The van der Waals surface area contributed by atoms with E-state index in [4.69, 9.17) is 21.3 Å². The van der Waals surface area contributed by atoms with Crippen LogP contribution in [0.3, 0.4) is 0 Å². The maximum Gasteiger partial charge on any atom is 0.233 e. The van der Waals surface area contributed by atoms with Crippen LogP contribution in [0.15, 0.2) is 66.7 Å². The van der Waals surface area contributed by atoms with Crippen LogP contribution in [0.4, 0.5) is 5.13 Å². The Morgan fingerprint density at radius 3 is 2.45 bits per heavy atom. The Morgan fingerprint density at radius 1 is 1.03 bits per heavy atom. The number of hydrogen-bond acceptors (Lipinski definition) is 4. The Hall–Kier alpha value is -2.89. The van der Waals surface area contributed by atoms with E-state index >= 15 is 0 Å². The number of benzene rings is 3. The highest BCUT2D eigenvalue weighted by Crippen LogP contribution is 2.36. The summed E-state index contributed by atoms with van der Waals surface area (Å²) in [5.74, 6) is 0.789. The number of ether oxygens (including phenoxy) is 1. The first-order chi connectivity index (χ1) is 15.0. The predicted molar refractivity (Wildman–Crippen MR) is 128 cm³/mol. The predicted octanol–water partition coefficient (Wildman–Crippen LogP) is 6.43. The van der Waals surface area contributed by atoms with Gasteiger partial charge in [0.25, 0.3) is 0 Å². The summed E-state index contributed by atoms with van der Waals surface area (Å²) >= 11 is 7.87. The van der Waals surface area contributed by atoms with Crippen LogP contribution < -0.4 is 9.64 Å². The second-order valence-electron chi connectivity index (χ2n) is 7.26. The van der Waals surface area contributed by atoms with E-state index in [0.29, 0.717) is 23.3 Å². The first-order valence-corrected chi connectivity index (χ1v) is 11.4. The van der Waals surface area contributed by atoms with Gasteiger partial charge in [0.15, 0.2) is 5.13 Å². The number of halogens is 1. The molecule has 1 heterocycles. The van der Waals surface area contributed by atoms with E-state index in [1.54, 1.807) is 4.90 Å². The fourth-order valence-electron chi connectivity index (χ4n) is 3.37. The first kappa shape index (κ1) is 21.3. The molecular weight excluding hydrogens is 428 g/mol. The number of fused-ring (bicyclic) bond motifs is 1. The molecule has 0 bridgehead atoms. The SMILES string of the molecule is CCOc1ccc(CC(=O)N(Cc2ccccc2)c2nc3c(C)ccc(Cl)c3s2)cc1. The smallest absolute Gasteiger partial charge is 0.233 e. The van der Waals surface area contributed by atoms with Gasteiger partial charge >= 0.3 is 0 Å². The molecule has 0 fully saturated rings. The first-order valence-electron chi connectivity index (χ1n) is 10.2. The molecule has 0 saturated carbocycles. The fourth-order valence-corrected chi connectivity index (χ4v) is 4.71. The van der Waals surface area contributed by atoms with Gasteiger partial charge in [0.1, 0.15) is 5.75 Å². The molecule has 1 amide bonds. The van der Waals surface area contributed by atoms with Crippen LogP contribution >= 0.6 is 22.9 Å². The largest absolute Gasteiger partial charge is 0.494 e. The Labute approximate surface area is 191 Å². The number of hydrogen-bond donors (Lipinski definition) is 0. The van der Waals surface area contributed by atoms with Gasteiger partial charge in [-0.15, -0.1) is 0 Å². The van der Waals surface area contributed by atoms with E-state index in [2.05, 4.69) is 0 Å². The lowest BCUT2D eigenvalue weighted by Crippen LogP contribution is -2.31. The van der Waals surface area contributed by atoms with Crippen LogP contribution in [-0.4, -0.2) is 17.5 Å². The molecule has 0 aliphatic carbocycles. The van der Waals surface area contributed by atoms with Crippen molar-refractivity contribution in [1.29, 1.82) is 0 Å². The minimum atomic E-state index is -0.0131. The molecule has 3 aromatic carbocycles. The number of carbonyl (C=O) groups excluding carboxylic acids is 1. The second kappa shape index (κ2) is 9.50. The van der Waals surface area contributed by atoms with Gasteiger partial charge in [-0.3, -0.25) is 9.69 Å².